The van der Waals surface area contributed by atoms with Crippen molar-refractivity contribution in [1.29, 1.82) is 0 Å². The molecule has 0 aliphatic carbocycles. The van der Waals surface area contributed by atoms with E-state index < -0.39 is 5.97 Å². The van der Waals surface area contributed by atoms with Gasteiger partial charge in [-0.25, -0.2) is 0 Å². The first-order chi connectivity index (χ1) is 9.47. The topological polar surface area (TPSA) is 64.4 Å². The number of carboxylic acids is 1. The van der Waals surface area contributed by atoms with Crippen LogP contribution in [0.15, 0.2) is 24.3 Å². The van der Waals surface area contributed by atoms with Crippen LogP contribution in [0.4, 0.5) is 0 Å². The van der Waals surface area contributed by atoms with Crippen molar-refractivity contribution in [2.24, 2.45) is 7.05 Å². The standard InChI is InChI=1S/C15H18N2O3/c1-10-15(11(2)17(3)16-10)20-9-13-6-4-12(5-7-13)8-14(18)19/h4-7H,8-9H2,1-3H3,(H,18,19). The SMILES string of the molecule is Cc1nn(C)c(C)c1OCc1ccc(CC(=O)O)cc1. The van der Waals surface area contributed by atoms with Crippen LogP contribution in [0.3, 0.4) is 0 Å². The lowest BCUT2D eigenvalue weighted by atomic mass is 10.1. The number of ether oxygens (including phenoxy) is 1. The molecule has 20 heavy (non-hydrogen) atoms. The molecule has 1 N–H and O–H groups in total. The van der Waals surface area contributed by atoms with Crippen LogP contribution in [0, 0.1) is 13.8 Å². The molecule has 0 unspecified atom stereocenters. The fourth-order valence-electron chi connectivity index (χ4n) is 2.05. The maximum atomic E-state index is 10.6. The molecule has 0 aliphatic rings. The van der Waals surface area contributed by atoms with Gasteiger partial charge in [0.2, 0.25) is 0 Å². The summed E-state index contributed by atoms with van der Waals surface area (Å²) in [6.45, 7) is 4.32. The maximum absolute atomic E-state index is 10.6. The van der Waals surface area contributed by atoms with Gasteiger partial charge in [-0.15, -0.1) is 0 Å². The first kappa shape index (κ1) is 14.1. The number of carbonyl (C=O) groups is 1. The number of hydrogen-bond donors (Lipinski definition) is 1. The maximum Gasteiger partial charge on any atom is 0.307 e. The number of carboxylic acid groups (broad SMARTS) is 1. The summed E-state index contributed by atoms with van der Waals surface area (Å²) in [7, 11) is 1.88. The Morgan fingerprint density at radius 1 is 1.25 bits per heavy atom. The van der Waals surface area contributed by atoms with Gasteiger partial charge in [0.15, 0.2) is 5.75 Å². The van der Waals surface area contributed by atoms with Gasteiger partial charge in [-0.2, -0.15) is 5.10 Å². The monoisotopic (exact) mass is 274 g/mol. The molecule has 0 spiro atoms. The van der Waals surface area contributed by atoms with Crippen molar-refractivity contribution in [1.82, 2.24) is 9.78 Å². The number of nitrogens with zero attached hydrogens (tertiary/aromatic N) is 2. The zero-order chi connectivity index (χ0) is 14.7. The molecule has 1 aromatic heterocycles. The summed E-state index contributed by atoms with van der Waals surface area (Å²) in [5.74, 6) is -0.0160. The average molecular weight is 274 g/mol. The Morgan fingerprint density at radius 3 is 2.35 bits per heavy atom. The van der Waals surface area contributed by atoms with Crippen LogP contribution in [-0.4, -0.2) is 20.9 Å². The Labute approximate surface area is 117 Å². The molecule has 0 saturated heterocycles. The number of benzene rings is 1. The van der Waals surface area contributed by atoms with Crippen LogP contribution in [-0.2, 0) is 24.9 Å². The molecule has 5 nitrogen and oxygen atoms in total. The molecule has 0 radical (unpaired) electrons. The Bertz CT molecular complexity index is 615. The Hall–Kier alpha value is -2.30. The van der Waals surface area contributed by atoms with E-state index in [0.717, 1.165) is 28.3 Å². The van der Waals surface area contributed by atoms with Crippen molar-refractivity contribution in [3.05, 3.63) is 46.8 Å². The van der Waals surface area contributed by atoms with Crippen LogP contribution < -0.4 is 4.74 Å². The van der Waals surface area contributed by atoms with Crippen LogP contribution in [0.25, 0.3) is 0 Å². The van der Waals surface area contributed by atoms with Gasteiger partial charge in [-0.3, -0.25) is 9.48 Å². The Morgan fingerprint density at radius 2 is 1.85 bits per heavy atom. The molecule has 5 heteroatoms. The van der Waals surface area contributed by atoms with E-state index in [4.69, 9.17) is 9.84 Å². The molecule has 0 saturated carbocycles. The van der Waals surface area contributed by atoms with E-state index in [1.807, 2.05) is 45.2 Å². The van der Waals surface area contributed by atoms with Gasteiger partial charge in [-0.05, 0) is 25.0 Å². The summed E-state index contributed by atoms with van der Waals surface area (Å²) in [4.78, 5) is 10.6. The molecule has 1 heterocycles. The predicted octanol–water partition coefficient (Wildman–Crippen LogP) is 2.24. The minimum Gasteiger partial charge on any atom is -0.485 e. The number of hydrogen-bond acceptors (Lipinski definition) is 3. The zero-order valence-electron chi connectivity index (χ0n) is 11.9. The molecule has 2 rings (SSSR count). The number of rotatable bonds is 5. The fourth-order valence-corrected chi connectivity index (χ4v) is 2.05. The first-order valence-electron chi connectivity index (χ1n) is 6.40. The van der Waals surface area contributed by atoms with Gasteiger partial charge >= 0.3 is 5.97 Å². The highest BCUT2D eigenvalue weighted by atomic mass is 16.5. The molecule has 2 aromatic rings. The molecule has 0 amide bonds. The first-order valence-corrected chi connectivity index (χ1v) is 6.40. The van der Waals surface area contributed by atoms with Crippen molar-refractivity contribution in [2.75, 3.05) is 0 Å². The minimum atomic E-state index is -0.824. The van der Waals surface area contributed by atoms with Crippen molar-refractivity contribution in [3.8, 4) is 5.75 Å². The molecule has 1 aromatic carbocycles. The lowest BCUT2D eigenvalue weighted by molar-refractivity contribution is -0.136. The molecule has 106 valence electrons. The summed E-state index contributed by atoms with van der Waals surface area (Å²) in [5, 5.41) is 13.0. The van der Waals surface area contributed by atoms with E-state index in [1.165, 1.54) is 0 Å². The smallest absolute Gasteiger partial charge is 0.307 e. The Kier molecular flexibility index (Phi) is 4.08. The largest absolute Gasteiger partial charge is 0.485 e. The van der Waals surface area contributed by atoms with Crippen LogP contribution >= 0.6 is 0 Å². The van der Waals surface area contributed by atoms with Gasteiger partial charge in [0.1, 0.15) is 12.3 Å². The number of aryl methyl sites for hydroxylation is 2. The van der Waals surface area contributed by atoms with E-state index in [0.29, 0.717) is 6.61 Å². The van der Waals surface area contributed by atoms with Crippen LogP contribution in [0.5, 0.6) is 5.75 Å². The molecule has 0 aliphatic heterocycles. The van der Waals surface area contributed by atoms with Crippen LogP contribution in [0.2, 0.25) is 0 Å². The predicted molar refractivity (Wildman–Crippen MR) is 74.8 cm³/mol. The van der Waals surface area contributed by atoms with Gasteiger partial charge in [-0.1, -0.05) is 24.3 Å². The van der Waals surface area contributed by atoms with Crippen LogP contribution in [0.1, 0.15) is 22.5 Å². The van der Waals surface area contributed by atoms with Gasteiger partial charge < -0.3 is 9.84 Å². The highest BCUT2D eigenvalue weighted by Crippen LogP contribution is 2.22. The fraction of sp³-hybridized carbons (Fsp3) is 0.333. The highest BCUT2D eigenvalue weighted by molar-refractivity contribution is 5.70. The van der Waals surface area contributed by atoms with E-state index >= 15 is 0 Å². The van der Waals surface area contributed by atoms with Crippen molar-refractivity contribution >= 4 is 5.97 Å². The molecule has 0 atom stereocenters. The summed E-state index contributed by atoms with van der Waals surface area (Å²) >= 11 is 0. The quantitative estimate of drug-likeness (QED) is 0.908. The summed E-state index contributed by atoms with van der Waals surface area (Å²) in [5.41, 5.74) is 3.65. The van der Waals surface area contributed by atoms with Gasteiger partial charge in [0, 0.05) is 7.05 Å². The van der Waals surface area contributed by atoms with Crippen molar-refractivity contribution in [3.63, 3.8) is 0 Å². The van der Waals surface area contributed by atoms with Crippen molar-refractivity contribution < 1.29 is 14.6 Å². The van der Waals surface area contributed by atoms with Gasteiger partial charge in [0.05, 0.1) is 12.1 Å². The molecular weight excluding hydrogens is 256 g/mol. The second-order valence-electron chi connectivity index (χ2n) is 4.80. The normalized spacial score (nSPS) is 10.6. The second-order valence-corrected chi connectivity index (χ2v) is 4.80. The lowest BCUT2D eigenvalue weighted by Gasteiger charge is -2.07. The lowest BCUT2D eigenvalue weighted by Crippen LogP contribution is -2.01. The third-order valence-electron chi connectivity index (χ3n) is 3.20. The summed E-state index contributed by atoms with van der Waals surface area (Å²) in [6, 6.07) is 7.41. The second kappa shape index (κ2) is 5.77. The molecular formula is C15H18N2O3. The number of aromatic nitrogens is 2. The average Bonchev–Trinajstić information content (AvgIpc) is 2.62. The van der Waals surface area contributed by atoms with E-state index in [9.17, 15) is 4.79 Å². The van der Waals surface area contributed by atoms with Crippen molar-refractivity contribution in [2.45, 2.75) is 26.9 Å². The summed E-state index contributed by atoms with van der Waals surface area (Å²) in [6.07, 6.45) is 0.0436. The zero-order valence-corrected chi connectivity index (χ0v) is 11.9. The van der Waals surface area contributed by atoms with E-state index in [1.54, 1.807) is 4.68 Å². The minimum absolute atomic E-state index is 0.0436. The molecule has 0 bridgehead atoms. The summed E-state index contributed by atoms with van der Waals surface area (Å²) < 4.78 is 7.59. The third-order valence-corrected chi connectivity index (χ3v) is 3.20. The van der Waals surface area contributed by atoms with E-state index in [-0.39, 0.29) is 6.42 Å². The molecule has 0 fully saturated rings. The Balaban J connectivity index is 2.02. The third kappa shape index (κ3) is 3.17. The van der Waals surface area contributed by atoms with E-state index in [2.05, 4.69) is 5.10 Å². The van der Waals surface area contributed by atoms with Gasteiger partial charge in [0.25, 0.3) is 0 Å². The number of aliphatic carboxylic acids is 1. The highest BCUT2D eigenvalue weighted by Gasteiger charge is 2.10.